The van der Waals surface area contributed by atoms with Gasteiger partial charge in [-0.2, -0.15) is 5.10 Å². The molecule has 5 heteroatoms. The molecule has 0 aliphatic carbocycles. The summed E-state index contributed by atoms with van der Waals surface area (Å²) in [6.45, 7) is 7.60. The van der Waals surface area contributed by atoms with Crippen molar-refractivity contribution in [2.75, 3.05) is 18.4 Å². The number of amides is 1. The van der Waals surface area contributed by atoms with Gasteiger partial charge in [-0.25, -0.2) is 0 Å². The Labute approximate surface area is 115 Å². The van der Waals surface area contributed by atoms with Crippen LogP contribution in [0.15, 0.2) is 0 Å². The van der Waals surface area contributed by atoms with E-state index in [9.17, 15) is 4.79 Å². The maximum Gasteiger partial charge on any atom is 0.238 e. The first-order valence-corrected chi connectivity index (χ1v) is 7.03. The summed E-state index contributed by atoms with van der Waals surface area (Å²) in [7, 11) is 1.89. The molecule has 0 saturated carbocycles. The van der Waals surface area contributed by atoms with Crippen LogP contribution < -0.4 is 5.32 Å². The Morgan fingerprint density at radius 2 is 2.16 bits per heavy atom. The van der Waals surface area contributed by atoms with E-state index in [1.165, 1.54) is 19.3 Å². The van der Waals surface area contributed by atoms with Crippen LogP contribution in [0.3, 0.4) is 0 Å². The molecule has 0 aromatic carbocycles. The minimum absolute atomic E-state index is 0.0629. The Balaban J connectivity index is 1.97. The molecule has 1 N–H and O–H groups in total. The molecule has 0 bridgehead atoms. The number of carbonyl (C=O) groups is 1. The molecule has 1 atom stereocenters. The number of piperidine rings is 1. The number of anilines is 1. The molecule has 0 unspecified atom stereocenters. The van der Waals surface area contributed by atoms with Gasteiger partial charge in [-0.05, 0) is 40.2 Å². The van der Waals surface area contributed by atoms with Gasteiger partial charge in [0.15, 0.2) is 0 Å². The second-order valence-corrected chi connectivity index (χ2v) is 5.53. The maximum atomic E-state index is 12.2. The van der Waals surface area contributed by atoms with Crippen molar-refractivity contribution in [2.45, 2.75) is 46.1 Å². The number of likely N-dealkylation sites (tertiary alicyclic amines) is 1. The van der Waals surface area contributed by atoms with Gasteiger partial charge in [-0.1, -0.05) is 6.42 Å². The Morgan fingerprint density at radius 1 is 1.42 bits per heavy atom. The van der Waals surface area contributed by atoms with Gasteiger partial charge in [0.05, 0.1) is 23.6 Å². The molecule has 0 spiro atoms. The topological polar surface area (TPSA) is 50.2 Å². The van der Waals surface area contributed by atoms with E-state index < -0.39 is 0 Å². The fourth-order valence-electron chi connectivity index (χ4n) is 2.71. The largest absolute Gasteiger partial charge is 0.322 e. The van der Waals surface area contributed by atoms with Gasteiger partial charge >= 0.3 is 0 Å². The van der Waals surface area contributed by atoms with Gasteiger partial charge < -0.3 is 5.32 Å². The molecule has 2 rings (SSSR count). The van der Waals surface area contributed by atoms with Gasteiger partial charge in [0.1, 0.15) is 0 Å². The number of aromatic nitrogens is 2. The van der Waals surface area contributed by atoms with E-state index in [1.807, 2.05) is 20.9 Å². The quantitative estimate of drug-likeness (QED) is 0.906. The number of nitrogens with one attached hydrogen (secondary N) is 1. The van der Waals surface area contributed by atoms with Crippen molar-refractivity contribution in [3.05, 3.63) is 11.4 Å². The Hall–Kier alpha value is -1.36. The zero-order valence-corrected chi connectivity index (χ0v) is 12.4. The number of hydrogen-bond acceptors (Lipinski definition) is 3. The molecule has 1 saturated heterocycles. The lowest BCUT2D eigenvalue weighted by molar-refractivity contribution is -0.118. The third-order valence-electron chi connectivity index (χ3n) is 4.06. The first kappa shape index (κ1) is 14.1. The van der Waals surface area contributed by atoms with Crippen LogP contribution in [0.5, 0.6) is 0 Å². The average molecular weight is 264 g/mol. The van der Waals surface area contributed by atoms with Crippen molar-refractivity contribution < 1.29 is 4.79 Å². The predicted molar refractivity (Wildman–Crippen MR) is 76.2 cm³/mol. The standard InChI is InChI=1S/C14H24N4O/c1-10-7-5-6-8-18(10)9-13(19)15-14-11(2)16-17(4)12(14)3/h10H,5-9H2,1-4H3,(H,15,19)/t10-/m0/s1. The van der Waals surface area contributed by atoms with Crippen molar-refractivity contribution in [1.82, 2.24) is 14.7 Å². The zero-order valence-electron chi connectivity index (χ0n) is 12.4. The summed E-state index contributed by atoms with van der Waals surface area (Å²) in [5, 5.41) is 7.32. The summed E-state index contributed by atoms with van der Waals surface area (Å²) in [5.41, 5.74) is 2.73. The fraction of sp³-hybridized carbons (Fsp3) is 0.714. The molecular formula is C14H24N4O. The minimum Gasteiger partial charge on any atom is -0.322 e. The number of aryl methyl sites for hydroxylation is 2. The highest BCUT2D eigenvalue weighted by molar-refractivity contribution is 5.93. The molecule has 19 heavy (non-hydrogen) atoms. The first-order valence-electron chi connectivity index (χ1n) is 7.03. The Kier molecular flexibility index (Phi) is 4.24. The summed E-state index contributed by atoms with van der Waals surface area (Å²) in [6.07, 6.45) is 3.67. The van der Waals surface area contributed by atoms with Crippen molar-refractivity contribution in [3.63, 3.8) is 0 Å². The third-order valence-corrected chi connectivity index (χ3v) is 4.06. The van der Waals surface area contributed by atoms with E-state index in [4.69, 9.17) is 0 Å². The normalized spacial score (nSPS) is 20.5. The summed E-state index contributed by atoms with van der Waals surface area (Å²) in [4.78, 5) is 14.4. The van der Waals surface area contributed by atoms with Crippen LogP contribution in [0, 0.1) is 13.8 Å². The van der Waals surface area contributed by atoms with E-state index >= 15 is 0 Å². The summed E-state index contributed by atoms with van der Waals surface area (Å²) < 4.78 is 1.80. The lowest BCUT2D eigenvalue weighted by Gasteiger charge is -2.32. The number of hydrogen-bond donors (Lipinski definition) is 1. The Morgan fingerprint density at radius 3 is 2.74 bits per heavy atom. The molecular weight excluding hydrogens is 240 g/mol. The molecule has 106 valence electrons. The molecule has 1 aromatic rings. The monoisotopic (exact) mass is 264 g/mol. The van der Waals surface area contributed by atoms with E-state index in [2.05, 4.69) is 22.2 Å². The van der Waals surface area contributed by atoms with E-state index in [1.54, 1.807) is 4.68 Å². The summed E-state index contributed by atoms with van der Waals surface area (Å²) in [5.74, 6) is 0.0629. The first-order chi connectivity index (χ1) is 8.99. The maximum absolute atomic E-state index is 12.2. The SMILES string of the molecule is Cc1nn(C)c(C)c1NC(=O)CN1CCCC[C@@H]1C. The van der Waals surface area contributed by atoms with Crippen LogP contribution in [0.25, 0.3) is 0 Å². The Bertz CT molecular complexity index is 466. The van der Waals surface area contributed by atoms with Crippen molar-refractivity contribution >= 4 is 11.6 Å². The van der Waals surface area contributed by atoms with Crippen molar-refractivity contribution in [1.29, 1.82) is 0 Å². The molecule has 0 radical (unpaired) electrons. The highest BCUT2D eigenvalue weighted by atomic mass is 16.2. The van der Waals surface area contributed by atoms with Crippen LogP contribution in [0.2, 0.25) is 0 Å². The van der Waals surface area contributed by atoms with Gasteiger partial charge in [0.25, 0.3) is 0 Å². The van der Waals surface area contributed by atoms with E-state index in [0.717, 1.165) is 23.6 Å². The van der Waals surface area contributed by atoms with Crippen LogP contribution in [-0.2, 0) is 11.8 Å². The fourth-order valence-corrected chi connectivity index (χ4v) is 2.71. The van der Waals surface area contributed by atoms with Crippen LogP contribution in [0.4, 0.5) is 5.69 Å². The van der Waals surface area contributed by atoms with Crippen LogP contribution in [0.1, 0.15) is 37.6 Å². The van der Waals surface area contributed by atoms with Gasteiger partial charge in [-0.3, -0.25) is 14.4 Å². The van der Waals surface area contributed by atoms with E-state index in [-0.39, 0.29) is 5.91 Å². The molecule has 5 nitrogen and oxygen atoms in total. The van der Waals surface area contributed by atoms with Gasteiger partial charge in [0, 0.05) is 13.1 Å². The third kappa shape index (κ3) is 3.15. The molecule has 1 aliphatic rings. The molecule has 1 amide bonds. The highest BCUT2D eigenvalue weighted by Gasteiger charge is 2.21. The highest BCUT2D eigenvalue weighted by Crippen LogP contribution is 2.19. The molecule has 1 fully saturated rings. The van der Waals surface area contributed by atoms with Crippen LogP contribution >= 0.6 is 0 Å². The van der Waals surface area contributed by atoms with Gasteiger partial charge in [0.2, 0.25) is 5.91 Å². The van der Waals surface area contributed by atoms with Crippen LogP contribution in [-0.4, -0.2) is 39.7 Å². The van der Waals surface area contributed by atoms with Crippen molar-refractivity contribution in [3.8, 4) is 0 Å². The predicted octanol–water partition coefficient (Wildman–Crippen LogP) is 1.85. The second kappa shape index (κ2) is 5.74. The van der Waals surface area contributed by atoms with Gasteiger partial charge in [-0.15, -0.1) is 0 Å². The smallest absolute Gasteiger partial charge is 0.238 e. The second-order valence-electron chi connectivity index (χ2n) is 5.53. The molecule has 2 heterocycles. The van der Waals surface area contributed by atoms with E-state index in [0.29, 0.717) is 12.6 Å². The number of carbonyl (C=O) groups excluding carboxylic acids is 1. The number of rotatable bonds is 3. The summed E-state index contributed by atoms with van der Waals surface area (Å²) >= 11 is 0. The minimum atomic E-state index is 0.0629. The lowest BCUT2D eigenvalue weighted by atomic mass is 10.0. The average Bonchev–Trinajstić information content (AvgIpc) is 2.59. The molecule has 1 aliphatic heterocycles. The van der Waals surface area contributed by atoms with Crippen molar-refractivity contribution in [2.24, 2.45) is 7.05 Å². The zero-order chi connectivity index (χ0) is 14.0. The molecule has 1 aromatic heterocycles. The summed E-state index contributed by atoms with van der Waals surface area (Å²) in [6, 6.07) is 0.510. The lowest BCUT2D eigenvalue weighted by Crippen LogP contribution is -2.42. The number of nitrogens with zero attached hydrogens (tertiary/aromatic N) is 3.